The van der Waals surface area contributed by atoms with E-state index in [1.54, 1.807) is 0 Å². The maximum Gasteiger partial charge on any atom is 0.0788 e. The molecular formula is C96H60N6. The SMILES string of the molecule is c1ccc(-n2c3ccccc3c3cc4c(cc32)c2ccccc2n4-c2cccc(-c3cc(-c4cccc(-n5c6ccccc6c6ccc7c(c8ccccc8n7-c7ccccc7)c65)c4)cc(-c4cccc(-n5c6ccccc6c6ccc7c8ccccc8n(-c8ccccc8)c7c65)c4)c3)c2)cc1. The number of aromatic nitrogens is 6. The van der Waals surface area contributed by atoms with Crippen molar-refractivity contribution >= 4 is 131 Å². The van der Waals surface area contributed by atoms with Crippen LogP contribution in [0.3, 0.4) is 0 Å². The molecule has 0 unspecified atom stereocenters. The Bertz CT molecular complexity index is 7230. The Labute approximate surface area is 586 Å². The van der Waals surface area contributed by atoms with Crippen molar-refractivity contribution in [2.45, 2.75) is 0 Å². The molecule has 0 bridgehead atoms. The minimum absolute atomic E-state index is 1.09. The predicted octanol–water partition coefficient (Wildman–Crippen LogP) is 25.3. The molecule has 0 spiro atoms. The third kappa shape index (κ3) is 8.23. The van der Waals surface area contributed by atoms with E-state index in [-0.39, 0.29) is 0 Å². The zero-order valence-electron chi connectivity index (χ0n) is 55.3. The highest BCUT2D eigenvalue weighted by molar-refractivity contribution is 6.27. The average Bonchev–Trinajstić information content (AvgIpc) is 1.55. The summed E-state index contributed by atoms with van der Waals surface area (Å²) in [5.41, 5.74) is 27.5. The molecular weight excluding hydrogens is 1240 g/mol. The van der Waals surface area contributed by atoms with Crippen LogP contribution in [0, 0.1) is 0 Å². The van der Waals surface area contributed by atoms with E-state index in [9.17, 15) is 0 Å². The van der Waals surface area contributed by atoms with Crippen molar-refractivity contribution in [1.29, 1.82) is 0 Å². The molecule has 0 aliphatic carbocycles. The number of rotatable bonds is 9. The van der Waals surface area contributed by atoms with E-state index < -0.39 is 0 Å². The Morgan fingerprint density at radius 2 is 0.402 bits per heavy atom. The predicted molar refractivity (Wildman–Crippen MR) is 429 cm³/mol. The first-order valence-electron chi connectivity index (χ1n) is 35.1. The summed E-state index contributed by atoms with van der Waals surface area (Å²) in [6.45, 7) is 0. The Morgan fingerprint density at radius 1 is 0.127 bits per heavy atom. The van der Waals surface area contributed by atoms with Gasteiger partial charge in [0.1, 0.15) is 0 Å². The highest BCUT2D eigenvalue weighted by atomic mass is 15.1. The van der Waals surface area contributed by atoms with E-state index in [2.05, 4.69) is 391 Å². The molecule has 6 heterocycles. The zero-order valence-corrected chi connectivity index (χ0v) is 55.3. The maximum atomic E-state index is 2.52. The Hall–Kier alpha value is -13.7. The van der Waals surface area contributed by atoms with Crippen LogP contribution in [0.4, 0.5) is 0 Å². The number of hydrogen-bond acceptors (Lipinski definition) is 0. The van der Waals surface area contributed by atoms with E-state index in [0.29, 0.717) is 0 Å². The van der Waals surface area contributed by atoms with E-state index in [0.717, 1.165) is 84.1 Å². The summed E-state index contributed by atoms with van der Waals surface area (Å²) in [6, 6.07) is 135. The number of fused-ring (bicyclic) bond motifs is 20. The molecule has 6 nitrogen and oxygen atoms in total. The minimum atomic E-state index is 1.09. The van der Waals surface area contributed by atoms with Gasteiger partial charge in [0.05, 0.1) is 66.2 Å². The summed E-state index contributed by atoms with van der Waals surface area (Å²) in [5, 5.41) is 14.6. The molecule has 0 N–H and O–H groups in total. The third-order valence-corrected chi connectivity index (χ3v) is 21.7. The van der Waals surface area contributed by atoms with Gasteiger partial charge in [-0.25, -0.2) is 0 Å². The van der Waals surface area contributed by atoms with Gasteiger partial charge in [0.2, 0.25) is 0 Å². The van der Waals surface area contributed by atoms with Gasteiger partial charge in [-0.15, -0.1) is 0 Å². The van der Waals surface area contributed by atoms with Crippen LogP contribution in [-0.4, -0.2) is 27.4 Å². The van der Waals surface area contributed by atoms with Gasteiger partial charge in [-0.1, -0.05) is 218 Å². The van der Waals surface area contributed by atoms with Gasteiger partial charge in [0.25, 0.3) is 0 Å². The molecule has 0 amide bonds. The van der Waals surface area contributed by atoms with Crippen LogP contribution in [0.25, 0.3) is 198 Å². The van der Waals surface area contributed by atoms with Gasteiger partial charge < -0.3 is 27.4 Å². The smallest absolute Gasteiger partial charge is 0.0788 e. The second-order valence-electron chi connectivity index (χ2n) is 27.2. The quantitative estimate of drug-likeness (QED) is 0.138. The van der Waals surface area contributed by atoms with Gasteiger partial charge in [-0.2, -0.15) is 0 Å². The summed E-state index contributed by atoms with van der Waals surface area (Å²) in [6.07, 6.45) is 0. The summed E-state index contributed by atoms with van der Waals surface area (Å²) < 4.78 is 14.9. The molecule has 0 fully saturated rings. The molecule has 0 aliphatic heterocycles. The fraction of sp³-hybridized carbons (Fsp3) is 0. The highest BCUT2D eigenvalue weighted by Gasteiger charge is 2.25. The zero-order chi connectivity index (χ0) is 66.7. The van der Waals surface area contributed by atoms with Crippen molar-refractivity contribution < 1.29 is 0 Å². The van der Waals surface area contributed by atoms with Crippen LogP contribution in [0.2, 0.25) is 0 Å². The first-order chi connectivity index (χ1) is 50.6. The fourth-order valence-electron chi connectivity index (χ4n) is 17.4. The molecule has 0 saturated heterocycles. The summed E-state index contributed by atoms with van der Waals surface area (Å²) in [4.78, 5) is 0. The van der Waals surface area contributed by atoms with E-state index in [1.165, 1.54) is 114 Å². The van der Waals surface area contributed by atoms with Crippen molar-refractivity contribution in [3.05, 3.63) is 364 Å². The third-order valence-electron chi connectivity index (χ3n) is 21.7. The second kappa shape index (κ2) is 21.9. The van der Waals surface area contributed by atoms with Gasteiger partial charge >= 0.3 is 0 Å². The van der Waals surface area contributed by atoms with Gasteiger partial charge in [0.15, 0.2) is 0 Å². The topological polar surface area (TPSA) is 29.6 Å². The molecule has 0 aliphatic rings. The molecule has 102 heavy (non-hydrogen) atoms. The fourth-order valence-corrected chi connectivity index (χ4v) is 17.4. The number of nitrogens with zero attached hydrogens (tertiary/aromatic N) is 6. The molecule has 22 rings (SSSR count). The first-order valence-corrected chi connectivity index (χ1v) is 35.1. The monoisotopic (exact) mass is 1300 g/mol. The van der Waals surface area contributed by atoms with Crippen LogP contribution in [0.15, 0.2) is 364 Å². The molecule has 6 heteroatoms. The average molecular weight is 1300 g/mol. The lowest BCUT2D eigenvalue weighted by atomic mass is 9.92. The molecule has 0 atom stereocenters. The number of hydrogen-bond donors (Lipinski definition) is 0. The van der Waals surface area contributed by atoms with Crippen LogP contribution >= 0.6 is 0 Å². The Kier molecular flexibility index (Phi) is 12.1. The molecule has 6 aromatic heterocycles. The molecule has 22 aromatic rings. The lowest BCUT2D eigenvalue weighted by molar-refractivity contribution is 1.15. The largest absolute Gasteiger partial charge is 0.309 e. The molecule has 0 saturated carbocycles. The van der Waals surface area contributed by atoms with Gasteiger partial charge in [-0.3, -0.25) is 0 Å². The van der Waals surface area contributed by atoms with Crippen molar-refractivity contribution in [1.82, 2.24) is 27.4 Å². The normalized spacial score (nSPS) is 12.1. The van der Waals surface area contributed by atoms with Crippen LogP contribution < -0.4 is 0 Å². The lowest BCUT2D eigenvalue weighted by Crippen LogP contribution is -1.99. The molecule has 16 aromatic carbocycles. The number of benzene rings is 16. The van der Waals surface area contributed by atoms with Gasteiger partial charge in [0, 0.05) is 98.8 Å². The summed E-state index contributed by atoms with van der Waals surface area (Å²) >= 11 is 0. The number of para-hydroxylation sites is 9. The van der Waals surface area contributed by atoms with Crippen molar-refractivity contribution in [2.75, 3.05) is 0 Å². The summed E-state index contributed by atoms with van der Waals surface area (Å²) in [5.74, 6) is 0. The summed E-state index contributed by atoms with van der Waals surface area (Å²) in [7, 11) is 0. The maximum absolute atomic E-state index is 2.52. The Balaban J connectivity index is 0.771. The van der Waals surface area contributed by atoms with Crippen molar-refractivity contribution in [2.24, 2.45) is 0 Å². The van der Waals surface area contributed by atoms with E-state index >= 15 is 0 Å². The van der Waals surface area contributed by atoms with E-state index in [4.69, 9.17) is 0 Å². The second-order valence-corrected chi connectivity index (χ2v) is 27.2. The standard InChI is InChI=1S/C96H60N6/c1-4-28-67(29-5-1)97-89-48-21-15-42-81(89)93-90(97)52-51-78-73-37-10-19-46-87(73)101(94(78)93)71-35-23-26-62(57-71)65-53-64(61-25-22-34-70(56-61)99-85-44-17-14-41-77(85)83-59-91-82(60-92(83)99)76-40-13-16-43-84(76)98(91)68-30-6-2-7-31-68)54-66(55-65)63-27-24-36-72(58-63)102-88-47-20-12-39-75(88)80-50-49-79-74-38-11-18-45-86(74)100(95(79)96(80)102)69-32-8-3-9-33-69/h1-60H. The Morgan fingerprint density at radius 3 is 0.824 bits per heavy atom. The van der Waals surface area contributed by atoms with Crippen LogP contribution in [-0.2, 0) is 0 Å². The van der Waals surface area contributed by atoms with Crippen molar-refractivity contribution in [3.8, 4) is 67.5 Å². The van der Waals surface area contributed by atoms with E-state index in [1.807, 2.05) is 0 Å². The minimum Gasteiger partial charge on any atom is -0.309 e. The molecule has 0 radical (unpaired) electrons. The van der Waals surface area contributed by atoms with Crippen LogP contribution in [0.1, 0.15) is 0 Å². The lowest BCUT2D eigenvalue weighted by Gasteiger charge is -2.16. The first kappa shape index (κ1) is 56.3. The van der Waals surface area contributed by atoms with Gasteiger partial charge in [-0.05, 0) is 179 Å². The highest BCUT2D eigenvalue weighted by Crippen LogP contribution is 2.47. The molecule has 474 valence electrons. The van der Waals surface area contributed by atoms with Crippen molar-refractivity contribution in [3.63, 3.8) is 0 Å². The van der Waals surface area contributed by atoms with Crippen LogP contribution in [0.5, 0.6) is 0 Å².